The van der Waals surface area contributed by atoms with Crippen molar-refractivity contribution in [2.24, 2.45) is 5.92 Å². The maximum Gasteiger partial charge on any atom is 0.303 e. The van der Waals surface area contributed by atoms with Crippen LogP contribution in [-0.2, 0) is 14.3 Å². The number of carboxylic acid groups (broad SMARTS) is 1. The Morgan fingerprint density at radius 1 is 1.15 bits per heavy atom. The maximum absolute atomic E-state index is 10.7. The van der Waals surface area contributed by atoms with Gasteiger partial charge in [-0.2, -0.15) is 0 Å². The summed E-state index contributed by atoms with van der Waals surface area (Å²) in [5.41, 5.74) is 1.99. The predicted octanol–water partition coefficient (Wildman–Crippen LogP) is 5.93. The number of carboxylic acids is 1. The lowest BCUT2D eigenvalue weighted by Crippen LogP contribution is -2.38. The molecule has 0 saturated carbocycles. The number of phenolic OH excluding ortho intramolecular Hbond substituents is 1. The Balaban J connectivity index is 1.57. The number of aromatic hydroxyl groups is 1. The largest absolute Gasteiger partial charge is 0.508 e. The molecular formula is C25H24Cl2O6. The van der Waals surface area contributed by atoms with Gasteiger partial charge in [-0.3, -0.25) is 4.79 Å². The van der Waals surface area contributed by atoms with E-state index in [1.54, 1.807) is 30.3 Å². The molecule has 174 valence electrons. The fourth-order valence-corrected chi connectivity index (χ4v) is 4.43. The number of phenols is 1. The van der Waals surface area contributed by atoms with E-state index in [0.29, 0.717) is 52.0 Å². The number of benzene rings is 2. The predicted molar refractivity (Wildman–Crippen MR) is 126 cm³/mol. The molecular weight excluding hydrogens is 467 g/mol. The number of hydrogen-bond donors (Lipinski definition) is 2. The molecule has 1 saturated heterocycles. The molecule has 6 nitrogen and oxygen atoms in total. The van der Waals surface area contributed by atoms with E-state index in [-0.39, 0.29) is 24.7 Å². The Bertz CT molecular complexity index is 1080. The molecule has 33 heavy (non-hydrogen) atoms. The third kappa shape index (κ3) is 5.53. The number of fused-ring (bicyclic) bond motifs is 1. The highest BCUT2D eigenvalue weighted by Gasteiger charge is 2.37. The van der Waals surface area contributed by atoms with Crippen LogP contribution in [0.2, 0.25) is 5.02 Å². The molecule has 0 amide bonds. The minimum Gasteiger partial charge on any atom is -0.508 e. The van der Waals surface area contributed by atoms with Gasteiger partial charge >= 0.3 is 5.97 Å². The van der Waals surface area contributed by atoms with E-state index in [2.05, 4.69) is 0 Å². The highest BCUT2D eigenvalue weighted by molar-refractivity contribution is 6.50. The van der Waals surface area contributed by atoms with E-state index in [1.807, 2.05) is 24.3 Å². The maximum atomic E-state index is 10.7. The number of carbonyl (C=O) groups is 1. The van der Waals surface area contributed by atoms with E-state index in [0.717, 1.165) is 0 Å². The van der Waals surface area contributed by atoms with Gasteiger partial charge in [-0.25, -0.2) is 0 Å². The molecule has 8 heteroatoms. The third-order valence-corrected chi connectivity index (χ3v) is 6.34. The van der Waals surface area contributed by atoms with Gasteiger partial charge in [0.1, 0.15) is 18.1 Å². The molecule has 2 N–H and O–H groups in total. The average molecular weight is 491 g/mol. The Kier molecular flexibility index (Phi) is 7.60. The number of aliphatic carboxylic acids is 1. The number of hydrogen-bond acceptors (Lipinski definition) is 5. The van der Waals surface area contributed by atoms with Gasteiger partial charge in [0.25, 0.3) is 0 Å². The van der Waals surface area contributed by atoms with E-state index < -0.39 is 18.4 Å². The minimum atomic E-state index is -0.832. The van der Waals surface area contributed by atoms with Crippen molar-refractivity contribution in [2.45, 2.75) is 31.7 Å². The summed E-state index contributed by atoms with van der Waals surface area (Å²) in [5.74, 6) is -0.131. The van der Waals surface area contributed by atoms with Crippen molar-refractivity contribution in [3.05, 3.63) is 76.3 Å². The Labute approximate surface area is 202 Å². The molecule has 0 aliphatic carbocycles. The minimum absolute atomic E-state index is 0.0806. The fourth-order valence-electron chi connectivity index (χ4n) is 3.97. The summed E-state index contributed by atoms with van der Waals surface area (Å²) in [6.45, 7) is 0.578. The topological polar surface area (TPSA) is 85.2 Å². The molecule has 0 unspecified atom stereocenters. The van der Waals surface area contributed by atoms with Gasteiger partial charge < -0.3 is 24.4 Å². The fraction of sp³-hybridized carbons (Fsp3) is 0.320. The summed E-state index contributed by atoms with van der Waals surface area (Å²) in [5, 5.41) is 20.3. The first-order valence-corrected chi connectivity index (χ1v) is 11.4. The van der Waals surface area contributed by atoms with Gasteiger partial charge in [0.05, 0.1) is 17.7 Å². The second kappa shape index (κ2) is 10.6. The molecule has 0 bridgehead atoms. The monoisotopic (exact) mass is 490 g/mol. The molecule has 0 radical (unpaired) electrons. The lowest BCUT2D eigenvalue weighted by atomic mass is 9.91. The molecule has 2 heterocycles. The number of para-hydroxylation sites is 1. The molecule has 0 aromatic heterocycles. The lowest BCUT2D eigenvalue weighted by molar-refractivity contribution is -0.222. The van der Waals surface area contributed by atoms with Crippen LogP contribution in [0, 0.1) is 5.92 Å². The van der Waals surface area contributed by atoms with Crippen molar-refractivity contribution >= 4 is 34.2 Å². The van der Waals surface area contributed by atoms with Crippen LogP contribution in [0.3, 0.4) is 0 Å². The first-order valence-electron chi connectivity index (χ1n) is 10.7. The van der Waals surface area contributed by atoms with Gasteiger partial charge in [-0.05, 0) is 37.1 Å². The number of halogens is 2. The van der Waals surface area contributed by atoms with E-state index >= 15 is 0 Å². The van der Waals surface area contributed by atoms with Gasteiger partial charge in [0, 0.05) is 34.1 Å². The SMILES string of the molecule is O=C(O)CCC=CC[C@@H]1CO[C@H](C2=C(Cl)c3cc(Cl)ccc3OC2)O[C@@H]1c1ccccc1O. The number of rotatable bonds is 7. The molecule has 4 rings (SSSR count). The Hall–Kier alpha value is -2.51. The Morgan fingerprint density at radius 2 is 1.97 bits per heavy atom. The molecule has 2 aromatic rings. The van der Waals surface area contributed by atoms with Crippen molar-refractivity contribution in [3.63, 3.8) is 0 Å². The molecule has 2 aromatic carbocycles. The van der Waals surface area contributed by atoms with Crippen LogP contribution in [0.1, 0.15) is 36.5 Å². The zero-order chi connectivity index (χ0) is 23.4. The van der Waals surface area contributed by atoms with Crippen molar-refractivity contribution < 1.29 is 29.2 Å². The normalized spacial score (nSPS) is 22.8. The zero-order valence-corrected chi connectivity index (χ0v) is 19.3. The zero-order valence-electron chi connectivity index (χ0n) is 17.7. The van der Waals surface area contributed by atoms with Crippen LogP contribution < -0.4 is 4.74 Å². The van der Waals surface area contributed by atoms with E-state index in [1.165, 1.54) is 0 Å². The second-order valence-corrected chi connectivity index (χ2v) is 8.76. The summed E-state index contributed by atoms with van der Waals surface area (Å²) < 4.78 is 18.2. The van der Waals surface area contributed by atoms with Gasteiger partial charge in [-0.1, -0.05) is 53.6 Å². The van der Waals surface area contributed by atoms with Crippen LogP contribution in [-0.4, -0.2) is 35.7 Å². The van der Waals surface area contributed by atoms with E-state index in [9.17, 15) is 9.90 Å². The van der Waals surface area contributed by atoms with Gasteiger partial charge in [-0.15, -0.1) is 0 Å². The van der Waals surface area contributed by atoms with Crippen molar-refractivity contribution in [3.8, 4) is 11.5 Å². The second-order valence-electron chi connectivity index (χ2n) is 7.95. The molecule has 1 fully saturated rings. The average Bonchev–Trinajstić information content (AvgIpc) is 2.80. The van der Waals surface area contributed by atoms with Crippen LogP contribution in [0.4, 0.5) is 0 Å². The van der Waals surface area contributed by atoms with E-state index in [4.69, 9.17) is 42.5 Å². The first kappa shape index (κ1) is 23.6. The standard InChI is InChI=1S/C25H24Cl2O6/c26-16-10-11-21-18(12-16)23(27)19(14-31-21)25-32-13-15(6-2-1-3-9-22(29)30)24(33-25)17-7-4-5-8-20(17)28/h1-2,4-5,7-8,10-12,15,24-25,28H,3,6,9,13-14H2,(H,29,30)/t15-,24+,25+/m1/s1. The van der Waals surface area contributed by atoms with Gasteiger partial charge in [0.15, 0.2) is 6.29 Å². The van der Waals surface area contributed by atoms with Crippen molar-refractivity contribution in [1.29, 1.82) is 0 Å². The molecule has 0 spiro atoms. The highest BCUT2D eigenvalue weighted by atomic mass is 35.5. The summed E-state index contributed by atoms with van der Waals surface area (Å²) in [6, 6.07) is 12.3. The van der Waals surface area contributed by atoms with Gasteiger partial charge in [0.2, 0.25) is 0 Å². The van der Waals surface area contributed by atoms with Crippen LogP contribution in [0.15, 0.2) is 60.2 Å². The number of ether oxygens (including phenoxy) is 3. The van der Waals surface area contributed by atoms with Crippen LogP contribution in [0.25, 0.3) is 5.03 Å². The summed E-state index contributed by atoms with van der Waals surface area (Å²) >= 11 is 12.8. The van der Waals surface area contributed by atoms with Crippen LogP contribution in [0.5, 0.6) is 11.5 Å². The summed E-state index contributed by atoms with van der Waals surface area (Å²) in [4.78, 5) is 10.7. The molecule has 3 atom stereocenters. The lowest BCUT2D eigenvalue weighted by Gasteiger charge is -2.38. The summed E-state index contributed by atoms with van der Waals surface area (Å²) in [7, 11) is 0. The summed E-state index contributed by atoms with van der Waals surface area (Å²) in [6.07, 6.45) is 3.71. The van der Waals surface area contributed by atoms with Crippen molar-refractivity contribution in [1.82, 2.24) is 0 Å². The number of allylic oxidation sites excluding steroid dienone is 2. The van der Waals surface area contributed by atoms with Crippen LogP contribution >= 0.6 is 23.2 Å². The van der Waals surface area contributed by atoms with Crippen molar-refractivity contribution in [2.75, 3.05) is 13.2 Å². The Morgan fingerprint density at radius 3 is 2.76 bits per heavy atom. The highest BCUT2D eigenvalue weighted by Crippen LogP contribution is 2.44. The quantitative estimate of drug-likeness (QED) is 0.467. The molecule has 2 aliphatic heterocycles. The first-order chi connectivity index (χ1) is 15.9. The smallest absolute Gasteiger partial charge is 0.303 e. The molecule has 2 aliphatic rings. The third-order valence-electron chi connectivity index (χ3n) is 5.66.